The van der Waals surface area contributed by atoms with Crippen molar-refractivity contribution in [3.63, 3.8) is 0 Å². The van der Waals surface area contributed by atoms with Gasteiger partial charge >= 0.3 is 5.97 Å². The van der Waals surface area contributed by atoms with Crippen LogP contribution in [-0.4, -0.2) is 71.6 Å². The second-order valence-corrected chi connectivity index (χ2v) is 12.1. The molecule has 0 spiro atoms. The van der Waals surface area contributed by atoms with Gasteiger partial charge in [0, 0.05) is 25.1 Å². The number of carbonyl (C=O) groups excluding carboxylic acids is 5. The molecule has 1 aromatic carbocycles. The van der Waals surface area contributed by atoms with Crippen molar-refractivity contribution >= 4 is 46.9 Å². The number of likely N-dealkylation sites (tertiary alicyclic amines) is 1. The summed E-state index contributed by atoms with van der Waals surface area (Å²) < 4.78 is 10.7. The van der Waals surface area contributed by atoms with E-state index in [1.54, 1.807) is 11.8 Å². The molecule has 6 atom stereocenters. The monoisotopic (exact) mass is 576 g/mol. The standard InChI is InChI=1S/C28H37ClN4O7/c1-6-39-27-20(13-21(35)40-27)31-25(37)22-15-7-9-17(11-15)33(22)26(38)23(28(3,4)5)32-24(36)16-8-10-19(18(29)12-16)30-14(2)34/h8,10,12,15,17,20,22-23,27H,6-7,9,11,13H2,1-5H3,(H,30,34)(H,31,37)(H,32,36)/t15-,17+,20?,22-,23+,27+/m0/s1. The van der Waals surface area contributed by atoms with Gasteiger partial charge in [-0.15, -0.1) is 0 Å². The van der Waals surface area contributed by atoms with Gasteiger partial charge in [0.2, 0.25) is 24.0 Å². The Labute approximate surface area is 238 Å². The molecule has 2 heterocycles. The summed E-state index contributed by atoms with van der Waals surface area (Å²) in [6.07, 6.45) is 1.42. The lowest BCUT2D eigenvalue weighted by molar-refractivity contribution is -0.165. The van der Waals surface area contributed by atoms with Crippen molar-refractivity contribution in [1.29, 1.82) is 0 Å². The number of rotatable bonds is 8. The van der Waals surface area contributed by atoms with Crippen molar-refractivity contribution in [2.75, 3.05) is 11.9 Å². The van der Waals surface area contributed by atoms with Crippen LogP contribution in [0.2, 0.25) is 5.02 Å². The van der Waals surface area contributed by atoms with Gasteiger partial charge in [0.15, 0.2) is 0 Å². The number of hydrogen-bond acceptors (Lipinski definition) is 7. The third-order valence-corrected chi connectivity index (χ3v) is 7.97. The molecule has 1 unspecified atom stereocenters. The average molecular weight is 577 g/mol. The first-order valence-corrected chi connectivity index (χ1v) is 14.0. The van der Waals surface area contributed by atoms with Gasteiger partial charge < -0.3 is 30.3 Å². The zero-order valence-electron chi connectivity index (χ0n) is 23.4. The van der Waals surface area contributed by atoms with Crippen molar-refractivity contribution in [2.45, 2.75) is 90.8 Å². The maximum absolute atomic E-state index is 14.1. The van der Waals surface area contributed by atoms with E-state index in [0.717, 1.165) is 12.8 Å². The number of carbonyl (C=O) groups is 5. The summed E-state index contributed by atoms with van der Waals surface area (Å²) in [5.74, 6) is -1.96. The van der Waals surface area contributed by atoms with Gasteiger partial charge in [-0.1, -0.05) is 32.4 Å². The van der Waals surface area contributed by atoms with Gasteiger partial charge in [-0.05, 0) is 55.7 Å². The Bertz CT molecular complexity index is 1200. The molecule has 1 aliphatic carbocycles. The molecule has 40 heavy (non-hydrogen) atoms. The molecular weight excluding hydrogens is 540 g/mol. The molecule has 0 aromatic heterocycles. The van der Waals surface area contributed by atoms with Gasteiger partial charge in [0.1, 0.15) is 18.1 Å². The summed E-state index contributed by atoms with van der Waals surface area (Å²) in [5.41, 5.74) is -0.0790. The highest BCUT2D eigenvalue weighted by molar-refractivity contribution is 6.34. The average Bonchev–Trinajstić information content (AvgIpc) is 3.57. The molecule has 11 nitrogen and oxygen atoms in total. The molecule has 2 saturated heterocycles. The van der Waals surface area contributed by atoms with E-state index in [1.807, 2.05) is 20.8 Å². The fourth-order valence-corrected chi connectivity index (χ4v) is 6.07. The fraction of sp³-hybridized carbons (Fsp3) is 0.607. The minimum Gasteiger partial charge on any atom is -0.433 e. The Hall–Kier alpha value is -3.18. The first-order valence-electron chi connectivity index (χ1n) is 13.6. The van der Waals surface area contributed by atoms with Crippen LogP contribution in [0.4, 0.5) is 5.69 Å². The molecule has 3 N–H and O–H groups in total. The van der Waals surface area contributed by atoms with Crippen molar-refractivity contribution in [2.24, 2.45) is 11.3 Å². The van der Waals surface area contributed by atoms with Crippen LogP contribution in [0.5, 0.6) is 0 Å². The first kappa shape index (κ1) is 29.8. The number of cyclic esters (lactones) is 1. The molecule has 2 aliphatic heterocycles. The third-order valence-electron chi connectivity index (χ3n) is 7.66. The van der Waals surface area contributed by atoms with E-state index in [0.29, 0.717) is 18.7 Å². The molecule has 3 aliphatic rings. The zero-order valence-corrected chi connectivity index (χ0v) is 24.2. The number of halogens is 1. The molecule has 0 radical (unpaired) electrons. The summed E-state index contributed by atoms with van der Waals surface area (Å²) in [5, 5.41) is 8.54. The maximum Gasteiger partial charge on any atom is 0.310 e. The second kappa shape index (κ2) is 11.7. The lowest BCUT2D eigenvalue weighted by atomic mass is 9.84. The smallest absolute Gasteiger partial charge is 0.310 e. The summed E-state index contributed by atoms with van der Waals surface area (Å²) in [4.78, 5) is 65.8. The Kier molecular flexibility index (Phi) is 8.75. The van der Waals surface area contributed by atoms with E-state index < -0.39 is 41.7 Å². The van der Waals surface area contributed by atoms with E-state index in [1.165, 1.54) is 25.1 Å². The zero-order chi connectivity index (χ0) is 29.4. The Morgan fingerprint density at radius 3 is 2.55 bits per heavy atom. The third kappa shape index (κ3) is 6.25. The number of hydrogen-bond donors (Lipinski definition) is 3. The molecule has 4 amide bonds. The van der Waals surface area contributed by atoms with Crippen LogP contribution in [0.25, 0.3) is 0 Å². The number of nitrogens with one attached hydrogen (secondary N) is 3. The SMILES string of the molecule is CCO[C@@H]1OC(=O)CC1NC(=O)[C@@H]1[C@H]2CC[C@H](C2)N1C(=O)[C@@H](NC(=O)c1ccc(NC(C)=O)c(Cl)c1)C(C)(C)C. The number of anilines is 1. The van der Waals surface area contributed by atoms with Crippen molar-refractivity contribution in [3.05, 3.63) is 28.8 Å². The van der Waals surface area contributed by atoms with Gasteiger partial charge in [0.25, 0.3) is 5.91 Å². The largest absolute Gasteiger partial charge is 0.433 e. The molecular formula is C28H37ClN4O7. The molecule has 12 heteroatoms. The number of benzene rings is 1. The van der Waals surface area contributed by atoms with Gasteiger partial charge in [0.05, 0.1) is 17.1 Å². The number of ether oxygens (including phenoxy) is 2. The maximum atomic E-state index is 14.1. The lowest BCUT2D eigenvalue weighted by Crippen LogP contribution is -2.62. The lowest BCUT2D eigenvalue weighted by Gasteiger charge is -2.40. The topological polar surface area (TPSA) is 143 Å². The number of esters is 1. The normalized spacial score (nSPS) is 26.3. The molecule has 1 aromatic rings. The van der Waals surface area contributed by atoms with Crippen LogP contribution >= 0.6 is 11.6 Å². The van der Waals surface area contributed by atoms with Crippen LogP contribution in [0, 0.1) is 11.3 Å². The van der Waals surface area contributed by atoms with Crippen molar-refractivity contribution < 1.29 is 33.4 Å². The van der Waals surface area contributed by atoms with Gasteiger partial charge in [-0.3, -0.25) is 24.0 Å². The molecule has 2 bridgehead atoms. The highest BCUT2D eigenvalue weighted by Crippen LogP contribution is 2.44. The highest BCUT2D eigenvalue weighted by atomic mass is 35.5. The number of fused-ring (bicyclic) bond motifs is 2. The van der Waals surface area contributed by atoms with Crippen LogP contribution in [0.15, 0.2) is 18.2 Å². The summed E-state index contributed by atoms with van der Waals surface area (Å²) in [6.45, 7) is 8.99. The van der Waals surface area contributed by atoms with Crippen LogP contribution < -0.4 is 16.0 Å². The van der Waals surface area contributed by atoms with Crippen LogP contribution in [-0.2, 0) is 28.7 Å². The van der Waals surface area contributed by atoms with E-state index >= 15 is 0 Å². The van der Waals surface area contributed by atoms with Crippen LogP contribution in [0.1, 0.15) is 70.7 Å². The Morgan fingerprint density at radius 1 is 1.20 bits per heavy atom. The fourth-order valence-electron chi connectivity index (χ4n) is 5.84. The molecule has 1 saturated carbocycles. The minimum atomic E-state index is -0.934. The van der Waals surface area contributed by atoms with Crippen molar-refractivity contribution in [1.82, 2.24) is 15.5 Å². The Morgan fingerprint density at radius 2 is 1.93 bits per heavy atom. The first-order chi connectivity index (χ1) is 18.8. The molecule has 218 valence electrons. The minimum absolute atomic E-state index is 0.00483. The van der Waals surface area contributed by atoms with E-state index in [-0.39, 0.29) is 46.7 Å². The van der Waals surface area contributed by atoms with Gasteiger partial charge in [-0.2, -0.15) is 0 Å². The molecule has 3 fully saturated rings. The van der Waals surface area contributed by atoms with E-state index in [9.17, 15) is 24.0 Å². The number of nitrogens with zero attached hydrogens (tertiary/aromatic N) is 1. The highest BCUT2D eigenvalue weighted by Gasteiger charge is 2.54. The second-order valence-electron chi connectivity index (χ2n) is 11.7. The number of piperidine rings is 1. The summed E-state index contributed by atoms with van der Waals surface area (Å²) >= 11 is 6.26. The number of amides is 4. The van der Waals surface area contributed by atoms with Gasteiger partial charge in [-0.25, -0.2) is 0 Å². The predicted molar refractivity (Wildman–Crippen MR) is 146 cm³/mol. The predicted octanol–water partition coefficient (Wildman–Crippen LogP) is 2.62. The summed E-state index contributed by atoms with van der Waals surface area (Å²) in [7, 11) is 0. The van der Waals surface area contributed by atoms with Crippen molar-refractivity contribution in [3.8, 4) is 0 Å². The summed E-state index contributed by atoms with van der Waals surface area (Å²) in [6, 6.07) is 2.06. The van der Waals surface area contributed by atoms with E-state index in [4.69, 9.17) is 21.1 Å². The van der Waals surface area contributed by atoms with Crippen LogP contribution in [0.3, 0.4) is 0 Å². The molecule has 4 rings (SSSR count). The Balaban J connectivity index is 1.53. The quantitative estimate of drug-likeness (QED) is 0.404. The van der Waals surface area contributed by atoms with E-state index in [2.05, 4.69) is 16.0 Å².